The second-order valence-electron chi connectivity index (χ2n) is 5.37. The van der Waals surface area contributed by atoms with Gasteiger partial charge in [0.25, 0.3) is 0 Å². The Hall–Kier alpha value is -0.500. The van der Waals surface area contributed by atoms with E-state index in [9.17, 15) is 0 Å². The van der Waals surface area contributed by atoms with Crippen LogP contribution in [0.1, 0.15) is 68.8 Å². The van der Waals surface area contributed by atoms with Crippen molar-refractivity contribution in [2.45, 2.75) is 71.2 Å². The summed E-state index contributed by atoms with van der Waals surface area (Å²) >= 11 is 6.50. The monoisotopic (exact) mass is 268 g/mol. The standard InChI is InChI=1S/C15H25ClN2/c1-4-12(16)15-13(5-2)17-18(14(15)6-3)10-11-8-7-9-11/h11-12H,4-10H2,1-3H3. The molecule has 1 atom stereocenters. The molecule has 1 aromatic rings. The SMILES string of the molecule is CCc1nn(CC2CCC2)c(CC)c1C(Cl)CC. The van der Waals surface area contributed by atoms with Crippen LogP contribution in [0.25, 0.3) is 0 Å². The number of aromatic nitrogens is 2. The highest BCUT2D eigenvalue weighted by Gasteiger charge is 2.24. The lowest BCUT2D eigenvalue weighted by Crippen LogP contribution is -2.20. The molecule has 1 aromatic heterocycles. The molecular weight excluding hydrogens is 244 g/mol. The first-order valence-corrected chi connectivity index (χ1v) is 7.87. The first kappa shape index (κ1) is 13.9. The number of halogens is 1. The quantitative estimate of drug-likeness (QED) is 0.695. The van der Waals surface area contributed by atoms with Gasteiger partial charge in [0.15, 0.2) is 0 Å². The predicted molar refractivity (Wildman–Crippen MR) is 77.2 cm³/mol. The fraction of sp³-hybridized carbons (Fsp3) is 0.800. The average Bonchev–Trinajstić information content (AvgIpc) is 2.70. The van der Waals surface area contributed by atoms with Gasteiger partial charge in [-0.05, 0) is 38.0 Å². The molecule has 0 bridgehead atoms. The minimum atomic E-state index is 0.130. The molecule has 1 aliphatic carbocycles. The van der Waals surface area contributed by atoms with Gasteiger partial charge in [-0.2, -0.15) is 5.10 Å². The largest absolute Gasteiger partial charge is 0.269 e. The molecule has 1 fully saturated rings. The zero-order valence-corrected chi connectivity index (χ0v) is 12.6. The molecule has 1 heterocycles. The van der Waals surface area contributed by atoms with Gasteiger partial charge in [0, 0.05) is 17.8 Å². The van der Waals surface area contributed by atoms with Crippen molar-refractivity contribution in [3.8, 4) is 0 Å². The van der Waals surface area contributed by atoms with Crippen LogP contribution in [0.2, 0.25) is 0 Å². The van der Waals surface area contributed by atoms with E-state index in [0.717, 1.165) is 31.7 Å². The molecule has 0 aliphatic heterocycles. The van der Waals surface area contributed by atoms with E-state index in [1.165, 1.54) is 36.2 Å². The van der Waals surface area contributed by atoms with Crippen LogP contribution in [0, 0.1) is 5.92 Å². The molecule has 0 N–H and O–H groups in total. The van der Waals surface area contributed by atoms with Crippen LogP contribution >= 0.6 is 11.6 Å². The van der Waals surface area contributed by atoms with Crippen LogP contribution in [0.15, 0.2) is 0 Å². The van der Waals surface area contributed by atoms with Gasteiger partial charge in [0.1, 0.15) is 0 Å². The van der Waals surface area contributed by atoms with Crippen molar-refractivity contribution in [3.63, 3.8) is 0 Å². The average molecular weight is 269 g/mol. The minimum absolute atomic E-state index is 0.130. The number of rotatable bonds is 6. The molecule has 3 heteroatoms. The number of hydrogen-bond donors (Lipinski definition) is 0. The van der Waals surface area contributed by atoms with E-state index >= 15 is 0 Å². The Morgan fingerprint density at radius 1 is 1.28 bits per heavy atom. The number of alkyl halides is 1. The summed E-state index contributed by atoms with van der Waals surface area (Å²) in [7, 11) is 0. The van der Waals surface area contributed by atoms with Gasteiger partial charge in [-0.15, -0.1) is 11.6 Å². The molecule has 0 spiro atoms. The van der Waals surface area contributed by atoms with Crippen molar-refractivity contribution in [2.24, 2.45) is 5.92 Å². The minimum Gasteiger partial charge on any atom is -0.269 e. The zero-order chi connectivity index (χ0) is 13.1. The summed E-state index contributed by atoms with van der Waals surface area (Å²) < 4.78 is 2.25. The van der Waals surface area contributed by atoms with Crippen LogP contribution in [-0.4, -0.2) is 9.78 Å². The summed E-state index contributed by atoms with van der Waals surface area (Å²) in [4.78, 5) is 0. The van der Waals surface area contributed by atoms with Gasteiger partial charge >= 0.3 is 0 Å². The van der Waals surface area contributed by atoms with Crippen molar-refractivity contribution in [3.05, 3.63) is 17.0 Å². The molecule has 0 aromatic carbocycles. The molecule has 0 radical (unpaired) electrons. The Bertz CT molecular complexity index is 393. The fourth-order valence-electron chi connectivity index (χ4n) is 2.84. The van der Waals surface area contributed by atoms with Crippen molar-refractivity contribution in [1.82, 2.24) is 9.78 Å². The first-order valence-electron chi connectivity index (χ1n) is 7.43. The smallest absolute Gasteiger partial charge is 0.0671 e. The summed E-state index contributed by atoms with van der Waals surface area (Å²) in [6, 6.07) is 0. The molecule has 1 aliphatic rings. The molecule has 1 unspecified atom stereocenters. The van der Waals surface area contributed by atoms with Gasteiger partial charge in [-0.1, -0.05) is 27.2 Å². The maximum atomic E-state index is 6.50. The highest BCUT2D eigenvalue weighted by molar-refractivity contribution is 6.20. The van der Waals surface area contributed by atoms with Crippen LogP contribution in [-0.2, 0) is 19.4 Å². The highest BCUT2D eigenvalue weighted by Crippen LogP contribution is 2.33. The van der Waals surface area contributed by atoms with Crippen LogP contribution in [0.5, 0.6) is 0 Å². The Balaban J connectivity index is 2.30. The third kappa shape index (κ3) is 2.59. The molecule has 1 saturated carbocycles. The van der Waals surface area contributed by atoms with Crippen LogP contribution in [0.3, 0.4) is 0 Å². The van der Waals surface area contributed by atoms with E-state index in [1.807, 2.05) is 0 Å². The molecule has 2 nitrogen and oxygen atoms in total. The lowest BCUT2D eigenvalue weighted by molar-refractivity contribution is 0.263. The highest BCUT2D eigenvalue weighted by atomic mass is 35.5. The van der Waals surface area contributed by atoms with Crippen LogP contribution in [0.4, 0.5) is 0 Å². The summed E-state index contributed by atoms with van der Waals surface area (Å²) in [5.41, 5.74) is 3.91. The van der Waals surface area contributed by atoms with E-state index in [0.29, 0.717) is 0 Å². The molecule has 2 rings (SSSR count). The number of nitrogens with zero attached hydrogens (tertiary/aromatic N) is 2. The maximum absolute atomic E-state index is 6.50. The second kappa shape index (κ2) is 6.10. The van der Waals surface area contributed by atoms with Gasteiger partial charge < -0.3 is 0 Å². The third-order valence-corrected chi connectivity index (χ3v) is 4.70. The van der Waals surface area contributed by atoms with E-state index in [4.69, 9.17) is 16.7 Å². The Kier molecular flexibility index (Phi) is 4.71. The van der Waals surface area contributed by atoms with Crippen LogP contribution < -0.4 is 0 Å². The van der Waals surface area contributed by atoms with Crippen molar-refractivity contribution < 1.29 is 0 Å². The van der Waals surface area contributed by atoms with Crippen molar-refractivity contribution in [1.29, 1.82) is 0 Å². The summed E-state index contributed by atoms with van der Waals surface area (Å²) in [6.07, 6.45) is 7.15. The maximum Gasteiger partial charge on any atom is 0.0671 e. The number of aryl methyl sites for hydroxylation is 1. The Morgan fingerprint density at radius 3 is 2.44 bits per heavy atom. The van der Waals surface area contributed by atoms with E-state index < -0.39 is 0 Å². The summed E-state index contributed by atoms with van der Waals surface area (Å²) in [5.74, 6) is 0.850. The Morgan fingerprint density at radius 2 is 2.00 bits per heavy atom. The molecule has 18 heavy (non-hydrogen) atoms. The Labute approximate surface area is 116 Å². The van der Waals surface area contributed by atoms with Crippen molar-refractivity contribution >= 4 is 11.6 Å². The molecule has 0 saturated heterocycles. The van der Waals surface area contributed by atoms with E-state index in [1.54, 1.807) is 0 Å². The van der Waals surface area contributed by atoms with E-state index in [-0.39, 0.29) is 5.38 Å². The predicted octanol–water partition coefficient (Wildman–Crippen LogP) is 4.50. The van der Waals surface area contributed by atoms with Gasteiger partial charge in [0.05, 0.1) is 11.1 Å². The summed E-state index contributed by atoms with van der Waals surface area (Å²) in [6.45, 7) is 7.65. The molecular formula is C15H25ClN2. The number of hydrogen-bond acceptors (Lipinski definition) is 1. The lowest BCUT2D eigenvalue weighted by atomic mass is 9.85. The molecule has 0 amide bonds. The van der Waals surface area contributed by atoms with Gasteiger partial charge in [-0.25, -0.2) is 0 Å². The second-order valence-corrected chi connectivity index (χ2v) is 5.90. The third-order valence-electron chi connectivity index (χ3n) is 4.17. The summed E-state index contributed by atoms with van der Waals surface area (Å²) in [5, 5.41) is 4.95. The first-order chi connectivity index (χ1) is 8.71. The normalized spacial score (nSPS) is 17.8. The van der Waals surface area contributed by atoms with Gasteiger partial charge in [0.2, 0.25) is 0 Å². The topological polar surface area (TPSA) is 17.8 Å². The van der Waals surface area contributed by atoms with Gasteiger partial charge in [-0.3, -0.25) is 4.68 Å². The fourth-order valence-corrected chi connectivity index (χ4v) is 3.09. The lowest BCUT2D eigenvalue weighted by Gasteiger charge is -2.26. The van der Waals surface area contributed by atoms with Crippen molar-refractivity contribution in [2.75, 3.05) is 0 Å². The van der Waals surface area contributed by atoms with E-state index in [2.05, 4.69) is 25.5 Å². The molecule has 102 valence electrons. The zero-order valence-electron chi connectivity index (χ0n) is 11.9.